The van der Waals surface area contributed by atoms with Crippen LogP contribution >= 0.6 is 0 Å². The van der Waals surface area contributed by atoms with E-state index in [1.807, 2.05) is 0 Å². The number of guanidine groups is 1. The first kappa shape index (κ1) is 25.1. The predicted molar refractivity (Wildman–Crippen MR) is 124 cm³/mol. The number of hydrogen-bond acceptors (Lipinski definition) is 6. The fraction of sp³-hybridized carbons (Fsp3) is 0.217. The Bertz CT molecular complexity index is 1290. The first-order chi connectivity index (χ1) is 16.7. The maximum Gasteiger partial charge on any atom is 0.306 e. The number of nitrogens with one attached hydrogen (secondary N) is 2. The Labute approximate surface area is 198 Å². The highest BCUT2D eigenvalue weighted by atomic mass is 19.3. The van der Waals surface area contributed by atoms with E-state index in [0.717, 1.165) is 0 Å². The fourth-order valence-corrected chi connectivity index (χ4v) is 3.18. The molecule has 12 heteroatoms. The van der Waals surface area contributed by atoms with Gasteiger partial charge in [0.2, 0.25) is 11.9 Å². The van der Waals surface area contributed by atoms with Crippen molar-refractivity contribution in [3.63, 3.8) is 0 Å². The first-order valence-corrected chi connectivity index (χ1v) is 10.4. The molecule has 0 aliphatic heterocycles. The van der Waals surface area contributed by atoms with Gasteiger partial charge in [-0.05, 0) is 29.4 Å². The van der Waals surface area contributed by atoms with Crippen LogP contribution in [0.25, 0.3) is 10.9 Å². The minimum absolute atomic E-state index is 0.0159. The number of alkyl halides is 2. The summed E-state index contributed by atoms with van der Waals surface area (Å²) in [5, 5.41) is 18.1. The van der Waals surface area contributed by atoms with Gasteiger partial charge in [0, 0.05) is 10.9 Å². The number of carbonyl (C=O) groups excluding carboxylic acids is 1. The van der Waals surface area contributed by atoms with Crippen LogP contribution in [0.2, 0.25) is 0 Å². The predicted octanol–water partition coefficient (Wildman–Crippen LogP) is 2.31. The number of halogens is 3. The van der Waals surface area contributed by atoms with Crippen molar-refractivity contribution in [1.29, 1.82) is 5.26 Å². The minimum atomic E-state index is -3.42. The van der Waals surface area contributed by atoms with Gasteiger partial charge in [0.15, 0.2) is 5.82 Å². The standard InChI is InChI=1S/C23H22F3N7O2/c24-21-16(11-20(34)30-9-10-35-33-22(28)29)15(12-27)5-7-18(21)31-13-23(25,26)19-8-6-14-3-1-2-4-17(14)32-19/h1-8,31H,9-11,13H2,(H,30,34)(H4,28,29,33). The molecule has 0 fully saturated rings. The molecule has 1 aromatic heterocycles. The molecule has 1 amide bonds. The van der Waals surface area contributed by atoms with Gasteiger partial charge in [0.25, 0.3) is 0 Å². The number of nitrogens with two attached hydrogens (primary N) is 2. The highest BCUT2D eigenvalue weighted by Crippen LogP contribution is 2.30. The Balaban J connectivity index is 1.69. The number of anilines is 1. The third kappa shape index (κ3) is 6.50. The summed E-state index contributed by atoms with van der Waals surface area (Å²) in [6.45, 7) is -0.978. The Kier molecular flexibility index (Phi) is 7.93. The van der Waals surface area contributed by atoms with Crippen molar-refractivity contribution in [2.24, 2.45) is 16.6 Å². The van der Waals surface area contributed by atoms with E-state index in [4.69, 9.17) is 16.3 Å². The second kappa shape index (κ2) is 11.1. The number of carbonyl (C=O) groups is 1. The lowest BCUT2D eigenvalue weighted by Crippen LogP contribution is -2.30. The zero-order valence-corrected chi connectivity index (χ0v) is 18.4. The molecule has 0 spiro atoms. The normalized spacial score (nSPS) is 10.9. The number of amides is 1. The van der Waals surface area contributed by atoms with Crippen LogP contribution in [0, 0.1) is 17.1 Å². The number of benzene rings is 2. The molecule has 182 valence electrons. The molecule has 9 nitrogen and oxygen atoms in total. The molecule has 0 radical (unpaired) electrons. The van der Waals surface area contributed by atoms with Crippen molar-refractivity contribution in [2.75, 3.05) is 25.0 Å². The largest absolute Gasteiger partial charge is 0.391 e. The van der Waals surface area contributed by atoms with Crippen LogP contribution < -0.4 is 22.1 Å². The summed E-state index contributed by atoms with van der Waals surface area (Å²) in [6.07, 6.45) is -0.491. The highest BCUT2D eigenvalue weighted by Gasteiger charge is 2.33. The zero-order valence-electron chi connectivity index (χ0n) is 18.4. The van der Waals surface area contributed by atoms with Gasteiger partial charge in [0.05, 0.1) is 42.3 Å². The SMILES string of the molecule is N#Cc1ccc(NCC(F)(F)c2ccc3ccccc3n2)c(F)c1CC(=O)NCCON=C(N)N. The third-order valence-electron chi connectivity index (χ3n) is 4.86. The molecular formula is C23H22F3N7O2. The maximum absolute atomic E-state index is 15.1. The Morgan fingerprint density at radius 3 is 2.69 bits per heavy atom. The summed E-state index contributed by atoms with van der Waals surface area (Å²) >= 11 is 0. The van der Waals surface area contributed by atoms with Gasteiger partial charge in [-0.25, -0.2) is 9.37 Å². The maximum atomic E-state index is 15.1. The molecule has 0 aliphatic carbocycles. The van der Waals surface area contributed by atoms with Crippen LogP contribution in [0.15, 0.2) is 53.7 Å². The lowest BCUT2D eigenvalue weighted by atomic mass is 10.0. The molecule has 0 saturated heterocycles. The molecule has 0 saturated carbocycles. The number of nitriles is 1. The monoisotopic (exact) mass is 485 g/mol. The van der Waals surface area contributed by atoms with Crippen LogP contribution in [-0.4, -0.2) is 36.5 Å². The summed E-state index contributed by atoms with van der Waals surface area (Å²) in [6, 6.07) is 13.8. The third-order valence-corrected chi connectivity index (χ3v) is 4.86. The molecule has 0 atom stereocenters. The summed E-state index contributed by atoms with van der Waals surface area (Å²) in [5.41, 5.74) is 9.52. The van der Waals surface area contributed by atoms with Crippen LogP contribution in [0.4, 0.5) is 18.9 Å². The molecular weight excluding hydrogens is 463 g/mol. The van der Waals surface area contributed by atoms with E-state index in [1.54, 1.807) is 30.3 Å². The molecule has 2 aromatic carbocycles. The second-order valence-corrected chi connectivity index (χ2v) is 7.39. The van der Waals surface area contributed by atoms with Crippen LogP contribution in [0.1, 0.15) is 16.8 Å². The molecule has 0 bridgehead atoms. The molecule has 3 rings (SSSR count). The van der Waals surface area contributed by atoms with Gasteiger partial charge in [-0.15, -0.1) is 0 Å². The summed E-state index contributed by atoms with van der Waals surface area (Å²) in [5.74, 6) is -5.30. The van der Waals surface area contributed by atoms with Crippen molar-refractivity contribution in [3.05, 3.63) is 71.2 Å². The molecule has 1 heterocycles. The van der Waals surface area contributed by atoms with Gasteiger partial charge in [-0.1, -0.05) is 24.3 Å². The average Bonchev–Trinajstić information content (AvgIpc) is 2.83. The fourth-order valence-electron chi connectivity index (χ4n) is 3.18. The van der Waals surface area contributed by atoms with Crippen molar-refractivity contribution in [2.45, 2.75) is 12.3 Å². The zero-order chi connectivity index (χ0) is 25.4. The van der Waals surface area contributed by atoms with Gasteiger partial charge < -0.3 is 26.9 Å². The van der Waals surface area contributed by atoms with E-state index in [1.165, 1.54) is 24.3 Å². The lowest BCUT2D eigenvalue weighted by molar-refractivity contribution is -0.120. The summed E-state index contributed by atoms with van der Waals surface area (Å²) < 4.78 is 44.7. The topological polar surface area (TPSA) is 151 Å². The van der Waals surface area contributed by atoms with Crippen molar-refractivity contribution in [3.8, 4) is 6.07 Å². The van der Waals surface area contributed by atoms with E-state index in [2.05, 4.69) is 20.8 Å². The molecule has 3 aromatic rings. The van der Waals surface area contributed by atoms with Gasteiger partial charge in [-0.3, -0.25) is 4.79 Å². The Hall–Kier alpha value is -4.53. The van der Waals surface area contributed by atoms with Gasteiger partial charge in [0.1, 0.15) is 12.3 Å². The molecule has 6 N–H and O–H groups in total. The van der Waals surface area contributed by atoms with Gasteiger partial charge in [-0.2, -0.15) is 14.0 Å². The van der Waals surface area contributed by atoms with Crippen LogP contribution in [0.3, 0.4) is 0 Å². The van der Waals surface area contributed by atoms with Crippen molar-refractivity contribution >= 4 is 28.5 Å². The van der Waals surface area contributed by atoms with E-state index in [-0.39, 0.29) is 35.9 Å². The van der Waals surface area contributed by atoms with E-state index in [0.29, 0.717) is 10.9 Å². The van der Waals surface area contributed by atoms with E-state index >= 15 is 4.39 Å². The number of fused-ring (bicyclic) bond motifs is 1. The quantitative estimate of drug-likeness (QED) is 0.149. The Morgan fingerprint density at radius 1 is 1.17 bits per heavy atom. The average molecular weight is 485 g/mol. The molecule has 0 aliphatic rings. The van der Waals surface area contributed by atoms with Crippen molar-refractivity contribution in [1.82, 2.24) is 10.3 Å². The van der Waals surface area contributed by atoms with Gasteiger partial charge >= 0.3 is 5.92 Å². The van der Waals surface area contributed by atoms with Crippen molar-refractivity contribution < 1.29 is 22.8 Å². The van der Waals surface area contributed by atoms with E-state index < -0.39 is 36.3 Å². The highest BCUT2D eigenvalue weighted by molar-refractivity contribution is 5.80. The van der Waals surface area contributed by atoms with Crippen LogP contribution in [0.5, 0.6) is 0 Å². The minimum Gasteiger partial charge on any atom is -0.391 e. The first-order valence-electron chi connectivity index (χ1n) is 10.4. The summed E-state index contributed by atoms with van der Waals surface area (Å²) in [4.78, 5) is 20.9. The molecule has 0 unspecified atom stereocenters. The summed E-state index contributed by atoms with van der Waals surface area (Å²) in [7, 11) is 0. The van der Waals surface area contributed by atoms with Crippen LogP contribution in [-0.2, 0) is 22.0 Å². The Morgan fingerprint density at radius 2 is 1.94 bits per heavy atom. The lowest BCUT2D eigenvalue weighted by Gasteiger charge is -2.19. The number of oxime groups is 1. The number of hydrogen-bond donors (Lipinski definition) is 4. The second-order valence-electron chi connectivity index (χ2n) is 7.39. The number of rotatable bonds is 10. The number of nitrogens with zero attached hydrogens (tertiary/aromatic N) is 3. The molecule has 35 heavy (non-hydrogen) atoms. The number of aromatic nitrogens is 1. The smallest absolute Gasteiger partial charge is 0.306 e. The van der Waals surface area contributed by atoms with E-state index in [9.17, 15) is 18.8 Å². The number of pyridine rings is 1. The number of para-hydroxylation sites is 1.